The molecule has 1 unspecified atom stereocenters. The van der Waals surface area contributed by atoms with Crippen molar-refractivity contribution >= 4 is 10.0 Å². The van der Waals surface area contributed by atoms with Gasteiger partial charge in [-0.3, -0.25) is 4.90 Å². The van der Waals surface area contributed by atoms with Crippen molar-refractivity contribution in [1.82, 2.24) is 19.6 Å². The predicted molar refractivity (Wildman–Crippen MR) is 130 cm³/mol. The van der Waals surface area contributed by atoms with Gasteiger partial charge in [0.25, 0.3) is 0 Å². The van der Waals surface area contributed by atoms with Crippen LogP contribution in [0.1, 0.15) is 35.8 Å². The Balaban J connectivity index is 1.26. The SMILES string of the molecule is Cc1nc(-c2ccc(F)cc2)cc([C@H]2CN3CC[C@H]2C[C@@H]3CNS(=O)(=O)Cc2ccccc2)n1. The molecule has 2 bridgehead atoms. The van der Waals surface area contributed by atoms with E-state index in [4.69, 9.17) is 4.98 Å². The lowest BCUT2D eigenvalue weighted by molar-refractivity contribution is 0.0317. The fourth-order valence-electron chi connectivity index (χ4n) is 5.30. The third-order valence-corrected chi connectivity index (χ3v) is 8.31. The Morgan fingerprint density at radius 2 is 1.85 bits per heavy atom. The van der Waals surface area contributed by atoms with Crippen LogP contribution in [0, 0.1) is 18.7 Å². The van der Waals surface area contributed by atoms with Crippen molar-refractivity contribution in [3.8, 4) is 11.3 Å². The van der Waals surface area contributed by atoms with Crippen LogP contribution in [-0.4, -0.2) is 49.0 Å². The second kappa shape index (κ2) is 9.52. The summed E-state index contributed by atoms with van der Waals surface area (Å²) in [6, 6.07) is 17.9. The van der Waals surface area contributed by atoms with Gasteiger partial charge in [0.15, 0.2) is 0 Å². The summed E-state index contributed by atoms with van der Waals surface area (Å²) < 4.78 is 41.4. The molecule has 6 nitrogen and oxygen atoms in total. The molecule has 0 saturated carbocycles. The maximum atomic E-state index is 13.4. The molecule has 1 N–H and O–H groups in total. The smallest absolute Gasteiger partial charge is 0.215 e. The van der Waals surface area contributed by atoms with E-state index in [2.05, 4.69) is 14.6 Å². The summed E-state index contributed by atoms with van der Waals surface area (Å²) in [5.74, 6) is 1.17. The first-order valence-electron chi connectivity index (χ1n) is 11.7. The highest BCUT2D eigenvalue weighted by Gasteiger charge is 2.41. The number of benzene rings is 2. The predicted octanol–water partition coefficient (Wildman–Crippen LogP) is 3.89. The Bertz CT molecular complexity index is 1250. The van der Waals surface area contributed by atoms with Crippen molar-refractivity contribution in [1.29, 1.82) is 0 Å². The van der Waals surface area contributed by atoms with E-state index in [-0.39, 0.29) is 23.5 Å². The Labute approximate surface area is 200 Å². The van der Waals surface area contributed by atoms with Gasteiger partial charge in [-0.15, -0.1) is 0 Å². The molecule has 4 atom stereocenters. The number of sulfonamides is 1. The lowest BCUT2D eigenvalue weighted by atomic mass is 9.74. The average molecular weight is 481 g/mol. The number of aromatic nitrogens is 2. The second-order valence-corrected chi connectivity index (χ2v) is 11.2. The number of fused-ring (bicyclic) bond motifs is 3. The largest absolute Gasteiger partial charge is 0.298 e. The van der Waals surface area contributed by atoms with Crippen molar-refractivity contribution in [3.05, 3.63) is 83.6 Å². The topological polar surface area (TPSA) is 75.2 Å². The summed E-state index contributed by atoms with van der Waals surface area (Å²) in [6.45, 7) is 4.15. The van der Waals surface area contributed by atoms with Gasteiger partial charge in [0.05, 0.1) is 11.4 Å². The fraction of sp³-hybridized carbons (Fsp3) is 0.385. The number of nitrogens with zero attached hydrogens (tertiary/aromatic N) is 3. The maximum absolute atomic E-state index is 13.4. The highest BCUT2D eigenvalue weighted by Crippen LogP contribution is 2.41. The number of rotatable bonds is 7. The average Bonchev–Trinajstić information content (AvgIpc) is 2.83. The Kier molecular flexibility index (Phi) is 6.46. The Morgan fingerprint density at radius 3 is 2.56 bits per heavy atom. The van der Waals surface area contributed by atoms with Gasteiger partial charge in [-0.2, -0.15) is 0 Å². The van der Waals surface area contributed by atoms with E-state index in [0.29, 0.717) is 18.3 Å². The minimum absolute atomic E-state index is 0.00100. The number of halogens is 1. The highest BCUT2D eigenvalue weighted by molar-refractivity contribution is 7.88. The van der Waals surface area contributed by atoms with E-state index in [1.807, 2.05) is 43.3 Å². The van der Waals surface area contributed by atoms with Crippen LogP contribution < -0.4 is 4.72 Å². The summed E-state index contributed by atoms with van der Waals surface area (Å²) >= 11 is 0. The molecule has 3 aliphatic heterocycles. The molecular weight excluding hydrogens is 451 g/mol. The summed E-state index contributed by atoms with van der Waals surface area (Å²) in [5, 5.41) is 0. The van der Waals surface area contributed by atoms with E-state index < -0.39 is 10.0 Å². The molecule has 3 aliphatic rings. The Morgan fingerprint density at radius 1 is 1.09 bits per heavy atom. The minimum atomic E-state index is -3.39. The van der Waals surface area contributed by atoms with Crippen LogP contribution in [0.3, 0.4) is 0 Å². The first-order chi connectivity index (χ1) is 16.4. The molecule has 3 aromatic rings. The third kappa shape index (κ3) is 5.19. The van der Waals surface area contributed by atoms with Crippen LogP contribution in [0.25, 0.3) is 11.3 Å². The Hall–Kier alpha value is -2.68. The fourth-order valence-corrected chi connectivity index (χ4v) is 6.48. The molecule has 34 heavy (non-hydrogen) atoms. The van der Waals surface area contributed by atoms with Gasteiger partial charge in [-0.1, -0.05) is 30.3 Å². The lowest BCUT2D eigenvalue weighted by Crippen LogP contribution is -2.56. The molecule has 1 aromatic heterocycles. The van der Waals surface area contributed by atoms with Gasteiger partial charge in [0.1, 0.15) is 11.6 Å². The summed E-state index contributed by atoms with van der Waals surface area (Å²) in [6.07, 6.45) is 2.01. The molecule has 3 saturated heterocycles. The molecule has 3 fully saturated rings. The zero-order chi connectivity index (χ0) is 23.7. The number of hydrogen-bond donors (Lipinski definition) is 1. The van der Waals surface area contributed by atoms with E-state index in [9.17, 15) is 12.8 Å². The standard InChI is InChI=1S/C26H29FN4O2S/c1-18-29-25(20-7-9-22(27)10-8-20)14-26(30-18)24-16-31-12-11-21(24)13-23(31)15-28-34(32,33)17-19-5-3-2-4-6-19/h2-10,14,21,23-24,28H,11-13,15-17H2,1H3/t21-,23+,24-/m0/s1. The molecule has 0 aliphatic carbocycles. The van der Waals surface area contributed by atoms with Gasteiger partial charge < -0.3 is 0 Å². The number of aryl methyl sites for hydroxylation is 1. The summed E-state index contributed by atoms with van der Waals surface area (Å²) in [4.78, 5) is 11.7. The summed E-state index contributed by atoms with van der Waals surface area (Å²) in [7, 11) is -3.39. The van der Waals surface area contributed by atoms with E-state index >= 15 is 0 Å². The molecule has 0 spiro atoms. The van der Waals surface area contributed by atoms with E-state index in [1.54, 1.807) is 12.1 Å². The normalized spacial score (nSPS) is 24.3. The monoisotopic (exact) mass is 480 g/mol. The first-order valence-corrected chi connectivity index (χ1v) is 13.4. The molecular formula is C26H29FN4O2S. The highest BCUT2D eigenvalue weighted by atomic mass is 32.2. The second-order valence-electron chi connectivity index (χ2n) is 9.37. The van der Waals surface area contributed by atoms with Gasteiger partial charge in [-0.25, -0.2) is 27.5 Å². The van der Waals surface area contributed by atoms with Crippen LogP contribution in [0.4, 0.5) is 4.39 Å². The van der Waals surface area contributed by atoms with Gasteiger partial charge in [0, 0.05) is 36.3 Å². The third-order valence-electron chi connectivity index (χ3n) is 6.99. The first kappa shape index (κ1) is 23.1. The molecule has 6 rings (SSSR count). The zero-order valence-electron chi connectivity index (χ0n) is 19.2. The number of piperidine rings is 3. The van der Waals surface area contributed by atoms with Crippen molar-refractivity contribution in [2.24, 2.45) is 5.92 Å². The van der Waals surface area contributed by atoms with Crippen LogP contribution >= 0.6 is 0 Å². The lowest BCUT2D eigenvalue weighted by Gasteiger charge is -2.49. The van der Waals surface area contributed by atoms with Crippen molar-refractivity contribution < 1.29 is 12.8 Å². The molecule has 8 heteroatoms. The zero-order valence-corrected chi connectivity index (χ0v) is 20.0. The van der Waals surface area contributed by atoms with Crippen molar-refractivity contribution in [3.63, 3.8) is 0 Å². The molecule has 0 radical (unpaired) electrons. The molecule has 178 valence electrons. The van der Waals surface area contributed by atoms with Crippen LogP contribution in [0.5, 0.6) is 0 Å². The van der Waals surface area contributed by atoms with E-state index in [1.165, 1.54) is 12.1 Å². The molecule has 0 amide bonds. The van der Waals surface area contributed by atoms with Crippen LogP contribution in [0.2, 0.25) is 0 Å². The minimum Gasteiger partial charge on any atom is -0.298 e. The quantitative estimate of drug-likeness (QED) is 0.555. The van der Waals surface area contributed by atoms with E-state index in [0.717, 1.165) is 48.4 Å². The van der Waals surface area contributed by atoms with Gasteiger partial charge in [0.2, 0.25) is 10.0 Å². The number of nitrogens with one attached hydrogen (secondary N) is 1. The summed E-state index contributed by atoms with van der Waals surface area (Å²) in [5.41, 5.74) is 3.49. The molecule has 2 aromatic carbocycles. The maximum Gasteiger partial charge on any atom is 0.215 e. The molecule has 4 heterocycles. The van der Waals surface area contributed by atoms with Crippen LogP contribution in [0.15, 0.2) is 60.7 Å². The van der Waals surface area contributed by atoms with Crippen molar-refractivity contribution in [2.75, 3.05) is 19.6 Å². The van der Waals surface area contributed by atoms with Crippen LogP contribution in [-0.2, 0) is 15.8 Å². The van der Waals surface area contributed by atoms with Gasteiger partial charge >= 0.3 is 0 Å². The number of hydrogen-bond acceptors (Lipinski definition) is 5. The van der Waals surface area contributed by atoms with Crippen molar-refractivity contribution in [2.45, 2.75) is 37.5 Å². The van der Waals surface area contributed by atoms with Gasteiger partial charge in [-0.05, 0) is 68.1 Å².